The van der Waals surface area contributed by atoms with Crippen LogP contribution >= 0.6 is 0 Å². The summed E-state index contributed by atoms with van der Waals surface area (Å²) in [5.41, 5.74) is -0.247. The van der Waals surface area contributed by atoms with Crippen molar-refractivity contribution in [2.24, 2.45) is 5.92 Å². The number of nitrogens with one attached hydrogen (secondary N) is 1. The van der Waals surface area contributed by atoms with Gasteiger partial charge in [-0.15, -0.1) is 0 Å². The number of aromatic nitrogens is 2. The van der Waals surface area contributed by atoms with Gasteiger partial charge in [0.05, 0.1) is 30.7 Å². The first-order valence-corrected chi connectivity index (χ1v) is 9.88. The van der Waals surface area contributed by atoms with E-state index >= 15 is 0 Å². The van der Waals surface area contributed by atoms with E-state index in [4.69, 9.17) is 4.74 Å². The zero-order valence-electron chi connectivity index (χ0n) is 13.3. The lowest BCUT2D eigenvalue weighted by molar-refractivity contribution is -0.0457. The molecular formula is C15H21FN4O3S. The Labute approximate surface area is 140 Å². The van der Waals surface area contributed by atoms with Gasteiger partial charge in [-0.25, -0.2) is 27.5 Å². The summed E-state index contributed by atoms with van der Waals surface area (Å²) in [7, 11) is -3.12. The van der Waals surface area contributed by atoms with Crippen molar-refractivity contribution >= 4 is 16.0 Å². The minimum absolute atomic E-state index is 0.180. The first-order chi connectivity index (χ1) is 11.5. The van der Waals surface area contributed by atoms with Crippen LogP contribution in [0.2, 0.25) is 0 Å². The lowest BCUT2D eigenvalue weighted by Crippen LogP contribution is -2.65. The van der Waals surface area contributed by atoms with Crippen molar-refractivity contribution in [1.29, 1.82) is 0 Å². The van der Waals surface area contributed by atoms with Crippen LogP contribution < -0.4 is 9.62 Å². The smallest absolute Gasteiger partial charge is 0.225 e. The van der Waals surface area contributed by atoms with Gasteiger partial charge in [0.2, 0.25) is 16.0 Å². The van der Waals surface area contributed by atoms with Crippen LogP contribution in [-0.2, 0) is 14.8 Å². The summed E-state index contributed by atoms with van der Waals surface area (Å²) in [6, 6.07) is 0. The van der Waals surface area contributed by atoms with Crippen LogP contribution in [0.15, 0.2) is 12.4 Å². The van der Waals surface area contributed by atoms with Crippen LogP contribution in [0, 0.1) is 11.7 Å². The van der Waals surface area contributed by atoms with E-state index in [0.717, 1.165) is 38.1 Å². The normalized spacial score (nSPS) is 25.9. The Morgan fingerprint density at radius 1 is 1.29 bits per heavy atom. The molecule has 1 saturated carbocycles. The van der Waals surface area contributed by atoms with Crippen molar-refractivity contribution < 1.29 is 17.5 Å². The fraction of sp³-hybridized carbons (Fsp3) is 0.733. The van der Waals surface area contributed by atoms with Crippen LogP contribution in [0.1, 0.15) is 25.7 Å². The molecule has 1 aliphatic carbocycles. The second-order valence-electron chi connectivity index (χ2n) is 6.88. The fourth-order valence-electron chi connectivity index (χ4n) is 3.62. The first kappa shape index (κ1) is 16.2. The average Bonchev–Trinajstić information content (AvgIpc) is 3.29. The van der Waals surface area contributed by atoms with Crippen molar-refractivity contribution in [2.75, 3.05) is 31.1 Å². The fourth-order valence-corrected chi connectivity index (χ4v) is 5.02. The SMILES string of the molecule is O=S(=O)(NCC[C@H]1CCOC12CN(c1ncc(F)cn1)C2)C1CC1. The van der Waals surface area contributed by atoms with Gasteiger partial charge in [0.25, 0.3) is 0 Å². The van der Waals surface area contributed by atoms with E-state index in [1.54, 1.807) is 0 Å². The minimum Gasteiger partial charge on any atom is -0.371 e. The average molecular weight is 356 g/mol. The Balaban J connectivity index is 1.31. The van der Waals surface area contributed by atoms with Gasteiger partial charge in [-0.2, -0.15) is 0 Å². The van der Waals surface area contributed by atoms with Crippen LogP contribution in [0.5, 0.6) is 0 Å². The molecule has 2 aliphatic heterocycles. The molecule has 3 heterocycles. The van der Waals surface area contributed by atoms with Crippen molar-refractivity contribution in [3.8, 4) is 0 Å². The van der Waals surface area contributed by atoms with E-state index in [1.807, 2.05) is 4.90 Å². The summed E-state index contributed by atoms with van der Waals surface area (Å²) < 4.78 is 45.3. The predicted octanol–water partition coefficient (Wildman–Crippen LogP) is 0.683. The third-order valence-electron chi connectivity index (χ3n) is 5.17. The van der Waals surface area contributed by atoms with E-state index in [0.29, 0.717) is 38.1 Å². The van der Waals surface area contributed by atoms with Crippen LogP contribution in [0.25, 0.3) is 0 Å². The maximum Gasteiger partial charge on any atom is 0.225 e. The number of ether oxygens (including phenoxy) is 1. The van der Waals surface area contributed by atoms with Crippen LogP contribution in [0.3, 0.4) is 0 Å². The number of hydrogen-bond acceptors (Lipinski definition) is 6. The van der Waals surface area contributed by atoms with E-state index in [2.05, 4.69) is 14.7 Å². The molecule has 0 amide bonds. The maximum absolute atomic E-state index is 12.9. The summed E-state index contributed by atoms with van der Waals surface area (Å²) in [6.45, 7) is 2.48. The van der Waals surface area contributed by atoms with E-state index in [1.165, 1.54) is 0 Å². The molecule has 132 valence electrons. The lowest BCUT2D eigenvalue weighted by atomic mass is 9.79. The van der Waals surface area contributed by atoms with E-state index in [-0.39, 0.29) is 10.9 Å². The molecule has 3 fully saturated rings. The summed E-state index contributed by atoms with van der Waals surface area (Å²) in [5.74, 6) is 0.369. The van der Waals surface area contributed by atoms with Crippen molar-refractivity contribution in [1.82, 2.24) is 14.7 Å². The highest BCUT2D eigenvalue weighted by Gasteiger charge is 2.53. The molecule has 3 aliphatic rings. The summed E-state index contributed by atoms with van der Waals surface area (Å²) in [6.07, 6.45) is 5.57. The number of anilines is 1. The van der Waals surface area contributed by atoms with Crippen molar-refractivity contribution in [2.45, 2.75) is 36.5 Å². The molecule has 2 saturated heterocycles. The highest BCUT2D eigenvalue weighted by molar-refractivity contribution is 7.90. The van der Waals surface area contributed by atoms with Crippen LogP contribution in [-0.4, -0.2) is 55.5 Å². The monoisotopic (exact) mass is 356 g/mol. The third-order valence-corrected chi connectivity index (χ3v) is 7.12. The first-order valence-electron chi connectivity index (χ1n) is 8.33. The predicted molar refractivity (Wildman–Crippen MR) is 85.6 cm³/mol. The number of halogens is 1. The molecule has 1 aromatic rings. The summed E-state index contributed by atoms with van der Waals surface area (Å²) in [4.78, 5) is 9.95. The molecule has 9 heteroatoms. The van der Waals surface area contributed by atoms with Gasteiger partial charge in [0.1, 0.15) is 5.60 Å². The lowest BCUT2D eigenvalue weighted by Gasteiger charge is -2.50. The Hall–Kier alpha value is -1.32. The molecule has 1 atom stereocenters. The van der Waals surface area contributed by atoms with Crippen molar-refractivity contribution in [3.05, 3.63) is 18.2 Å². The topological polar surface area (TPSA) is 84.4 Å². The zero-order chi connectivity index (χ0) is 16.8. The molecule has 0 radical (unpaired) electrons. The van der Waals surface area contributed by atoms with Crippen molar-refractivity contribution in [3.63, 3.8) is 0 Å². The van der Waals surface area contributed by atoms with Gasteiger partial charge in [-0.3, -0.25) is 0 Å². The molecular weight excluding hydrogens is 335 g/mol. The zero-order valence-corrected chi connectivity index (χ0v) is 14.1. The number of hydrogen-bond donors (Lipinski definition) is 1. The van der Waals surface area contributed by atoms with Gasteiger partial charge in [-0.05, 0) is 31.6 Å². The summed E-state index contributed by atoms with van der Waals surface area (Å²) >= 11 is 0. The quantitative estimate of drug-likeness (QED) is 0.807. The number of nitrogens with zero attached hydrogens (tertiary/aromatic N) is 3. The highest BCUT2D eigenvalue weighted by atomic mass is 32.2. The Bertz CT molecular complexity index is 702. The molecule has 0 bridgehead atoms. The third kappa shape index (κ3) is 3.00. The van der Waals surface area contributed by atoms with E-state index in [9.17, 15) is 12.8 Å². The minimum atomic E-state index is -3.12. The molecule has 1 aromatic heterocycles. The van der Waals surface area contributed by atoms with E-state index < -0.39 is 15.8 Å². The Morgan fingerprint density at radius 2 is 2.00 bits per heavy atom. The van der Waals surface area contributed by atoms with Gasteiger partial charge in [0.15, 0.2) is 5.82 Å². The standard InChI is InChI=1S/C15H21FN4O3S/c16-12-7-17-14(18-8-12)20-9-15(10-20)11(4-6-23-15)3-5-19-24(21,22)13-1-2-13/h7-8,11,13,19H,1-6,9-10H2/t11-/m0/s1. The Kier molecular flexibility index (Phi) is 3.97. The van der Waals surface area contributed by atoms with Gasteiger partial charge in [-0.1, -0.05) is 0 Å². The highest BCUT2D eigenvalue weighted by Crippen LogP contribution is 2.42. The molecule has 0 aromatic carbocycles. The van der Waals surface area contributed by atoms with Gasteiger partial charge < -0.3 is 9.64 Å². The summed E-state index contributed by atoms with van der Waals surface area (Å²) in [5, 5.41) is -0.180. The molecule has 0 unspecified atom stereocenters. The molecule has 24 heavy (non-hydrogen) atoms. The molecule has 7 nitrogen and oxygen atoms in total. The number of rotatable bonds is 6. The van der Waals surface area contributed by atoms with Gasteiger partial charge >= 0.3 is 0 Å². The largest absolute Gasteiger partial charge is 0.371 e. The Morgan fingerprint density at radius 3 is 2.67 bits per heavy atom. The van der Waals surface area contributed by atoms with Crippen LogP contribution in [0.4, 0.5) is 10.3 Å². The molecule has 4 rings (SSSR count). The van der Waals surface area contributed by atoms with Gasteiger partial charge in [0, 0.05) is 13.2 Å². The molecule has 1 N–H and O–H groups in total. The second kappa shape index (κ2) is 5.89. The molecule has 1 spiro atoms. The number of sulfonamides is 1. The second-order valence-corrected chi connectivity index (χ2v) is 8.93. The maximum atomic E-state index is 12.9.